The molecule has 1 heterocycles. The minimum absolute atomic E-state index is 0.0154. The van der Waals surface area contributed by atoms with Gasteiger partial charge in [-0.2, -0.15) is 18.4 Å². The third-order valence-electron chi connectivity index (χ3n) is 4.99. The molecule has 1 fully saturated rings. The predicted molar refractivity (Wildman–Crippen MR) is 114 cm³/mol. The summed E-state index contributed by atoms with van der Waals surface area (Å²) in [6.45, 7) is 2.75. The van der Waals surface area contributed by atoms with E-state index in [1.165, 1.54) is 6.07 Å². The quantitative estimate of drug-likeness (QED) is 0.277. The molecule has 0 aliphatic carbocycles. The Morgan fingerprint density at radius 3 is 2.48 bits per heavy atom. The number of urea groups is 1. The number of guanidine groups is 1. The SMILES string of the molecule is N#Cc1ccc(Oc2cccc(CN3CCN(C(=O)N/C(N)=N/N)CC3)c2)cc1C(F)(F)F. The van der Waals surface area contributed by atoms with Crippen LogP contribution in [0, 0.1) is 11.3 Å². The second-order valence-corrected chi connectivity index (χ2v) is 7.27. The van der Waals surface area contributed by atoms with Gasteiger partial charge in [0, 0.05) is 32.7 Å². The standard InChI is InChI=1S/C21H22F3N7O2/c22-21(23,24)18-11-17(5-4-15(18)12-25)33-16-3-1-2-14(10-16)13-30-6-8-31(9-7-30)20(32)28-19(26)29-27/h1-5,10-11H,6-9,13,27H2,(H3,26,28,29,32). The molecule has 5 N–H and O–H groups in total. The minimum Gasteiger partial charge on any atom is -0.457 e. The number of nitriles is 1. The molecule has 1 saturated heterocycles. The van der Waals surface area contributed by atoms with E-state index in [0.29, 0.717) is 38.5 Å². The lowest BCUT2D eigenvalue weighted by atomic mass is 10.1. The zero-order valence-electron chi connectivity index (χ0n) is 17.5. The highest BCUT2D eigenvalue weighted by molar-refractivity contribution is 5.95. The number of rotatable bonds is 4. The first kappa shape index (κ1) is 23.7. The summed E-state index contributed by atoms with van der Waals surface area (Å²) < 4.78 is 45.2. The summed E-state index contributed by atoms with van der Waals surface area (Å²) in [6.07, 6.45) is -4.66. The largest absolute Gasteiger partial charge is 0.457 e. The number of carbonyl (C=O) groups is 1. The van der Waals surface area contributed by atoms with Crippen molar-refractivity contribution in [3.8, 4) is 17.6 Å². The number of piperazine rings is 1. The molecule has 3 rings (SSSR count). The van der Waals surface area contributed by atoms with Crippen molar-refractivity contribution in [1.29, 1.82) is 5.26 Å². The van der Waals surface area contributed by atoms with Gasteiger partial charge in [-0.05, 0) is 35.9 Å². The molecule has 0 aromatic heterocycles. The van der Waals surface area contributed by atoms with Gasteiger partial charge in [0.1, 0.15) is 11.5 Å². The highest BCUT2D eigenvalue weighted by Gasteiger charge is 2.34. The van der Waals surface area contributed by atoms with Crippen LogP contribution >= 0.6 is 0 Å². The van der Waals surface area contributed by atoms with E-state index in [0.717, 1.165) is 17.7 Å². The Bertz CT molecular complexity index is 1070. The van der Waals surface area contributed by atoms with Crippen LogP contribution in [0.15, 0.2) is 47.6 Å². The number of halogens is 3. The lowest BCUT2D eigenvalue weighted by Crippen LogP contribution is -2.53. The van der Waals surface area contributed by atoms with E-state index in [4.69, 9.17) is 21.6 Å². The van der Waals surface area contributed by atoms with Crippen LogP contribution in [-0.2, 0) is 12.7 Å². The van der Waals surface area contributed by atoms with Crippen LogP contribution in [0.25, 0.3) is 0 Å². The Kier molecular flexibility index (Phi) is 7.24. The number of hydrogen-bond donors (Lipinski definition) is 3. The van der Waals surface area contributed by atoms with Crippen LogP contribution in [-0.4, -0.2) is 48.0 Å². The molecule has 2 aromatic rings. The van der Waals surface area contributed by atoms with E-state index in [2.05, 4.69) is 15.3 Å². The van der Waals surface area contributed by atoms with Crippen molar-refractivity contribution in [3.05, 3.63) is 59.2 Å². The summed E-state index contributed by atoms with van der Waals surface area (Å²) in [5, 5.41) is 14.5. The summed E-state index contributed by atoms with van der Waals surface area (Å²) in [5.41, 5.74) is 4.79. The predicted octanol–water partition coefficient (Wildman–Crippen LogP) is 2.38. The molecule has 0 saturated carbocycles. The molecule has 2 amide bonds. The van der Waals surface area contributed by atoms with Crippen LogP contribution in [0.3, 0.4) is 0 Å². The number of carbonyl (C=O) groups excluding carboxylic acids is 1. The number of nitrogens with two attached hydrogens (primary N) is 2. The third-order valence-corrected chi connectivity index (χ3v) is 4.99. The summed E-state index contributed by atoms with van der Waals surface area (Å²) in [5.74, 6) is 5.20. The maximum absolute atomic E-state index is 13.2. The molecule has 1 aliphatic rings. The number of nitrogens with zero attached hydrogens (tertiary/aromatic N) is 4. The fraction of sp³-hybridized carbons (Fsp3) is 0.286. The number of alkyl halides is 3. The maximum atomic E-state index is 13.2. The van der Waals surface area contributed by atoms with Gasteiger partial charge in [-0.3, -0.25) is 10.2 Å². The lowest BCUT2D eigenvalue weighted by Gasteiger charge is -2.34. The van der Waals surface area contributed by atoms with Crippen LogP contribution < -0.4 is 21.6 Å². The molecule has 0 unspecified atom stereocenters. The van der Waals surface area contributed by atoms with E-state index in [-0.39, 0.29) is 17.7 Å². The van der Waals surface area contributed by atoms with Crippen molar-refractivity contribution in [2.45, 2.75) is 12.7 Å². The Balaban J connectivity index is 1.61. The molecule has 9 nitrogen and oxygen atoms in total. The first-order valence-corrected chi connectivity index (χ1v) is 9.89. The molecular weight excluding hydrogens is 439 g/mol. The number of hydrogen-bond acceptors (Lipinski definition) is 6. The number of hydrazone groups is 1. The van der Waals surface area contributed by atoms with Gasteiger partial charge in [0.2, 0.25) is 5.96 Å². The number of amides is 2. The summed E-state index contributed by atoms with van der Waals surface area (Å²) in [6, 6.07) is 11.4. The molecule has 0 spiro atoms. The van der Waals surface area contributed by atoms with Crippen molar-refractivity contribution in [1.82, 2.24) is 15.1 Å². The lowest BCUT2D eigenvalue weighted by molar-refractivity contribution is -0.137. The molecule has 0 radical (unpaired) electrons. The van der Waals surface area contributed by atoms with Gasteiger partial charge >= 0.3 is 12.2 Å². The summed E-state index contributed by atoms with van der Waals surface area (Å²) in [4.78, 5) is 15.8. The average Bonchev–Trinajstić information content (AvgIpc) is 2.79. The van der Waals surface area contributed by atoms with Gasteiger partial charge in [0.05, 0.1) is 17.2 Å². The second kappa shape index (κ2) is 10.1. The summed E-state index contributed by atoms with van der Waals surface area (Å²) in [7, 11) is 0. The van der Waals surface area contributed by atoms with Crippen molar-refractivity contribution in [2.24, 2.45) is 16.7 Å². The van der Waals surface area contributed by atoms with Gasteiger partial charge in [0.15, 0.2) is 0 Å². The highest BCUT2D eigenvalue weighted by Crippen LogP contribution is 2.35. The Morgan fingerprint density at radius 1 is 1.15 bits per heavy atom. The topological polar surface area (TPSA) is 133 Å². The zero-order chi connectivity index (χ0) is 24.0. The first-order chi connectivity index (χ1) is 15.7. The van der Waals surface area contributed by atoms with Crippen molar-refractivity contribution in [2.75, 3.05) is 26.2 Å². The van der Waals surface area contributed by atoms with Gasteiger partial charge in [-0.25, -0.2) is 4.79 Å². The van der Waals surface area contributed by atoms with E-state index >= 15 is 0 Å². The first-order valence-electron chi connectivity index (χ1n) is 9.89. The Labute approximate surface area is 188 Å². The molecule has 2 aromatic carbocycles. The molecule has 174 valence electrons. The van der Waals surface area contributed by atoms with E-state index < -0.39 is 17.3 Å². The molecular formula is C21H22F3N7O2. The van der Waals surface area contributed by atoms with Gasteiger partial charge in [0.25, 0.3) is 0 Å². The van der Waals surface area contributed by atoms with Crippen LogP contribution in [0.2, 0.25) is 0 Å². The Hall–Kier alpha value is -3.98. The molecule has 33 heavy (non-hydrogen) atoms. The fourth-order valence-corrected chi connectivity index (χ4v) is 3.35. The van der Waals surface area contributed by atoms with Crippen molar-refractivity contribution < 1.29 is 22.7 Å². The van der Waals surface area contributed by atoms with E-state index in [1.54, 1.807) is 29.2 Å². The Morgan fingerprint density at radius 2 is 1.85 bits per heavy atom. The van der Waals surface area contributed by atoms with Crippen molar-refractivity contribution >= 4 is 12.0 Å². The smallest absolute Gasteiger partial charge is 0.417 e. The third kappa shape index (κ3) is 6.27. The highest BCUT2D eigenvalue weighted by atomic mass is 19.4. The van der Waals surface area contributed by atoms with Gasteiger partial charge in [-0.15, -0.1) is 5.10 Å². The minimum atomic E-state index is -4.66. The number of nitrogens with one attached hydrogen (secondary N) is 1. The monoisotopic (exact) mass is 461 g/mol. The van der Waals surface area contributed by atoms with Gasteiger partial charge < -0.3 is 21.2 Å². The van der Waals surface area contributed by atoms with E-state index in [9.17, 15) is 18.0 Å². The molecule has 12 heteroatoms. The maximum Gasteiger partial charge on any atom is 0.417 e. The number of benzene rings is 2. The van der Waals surface area contributed by atoms with Crippen LogP contribution in [0.4, 0.5) is 18.0 Å². The van der Waals surface area contributed by atoms with Crippen LogP contribution in [0.5, 0.6) is 11.5 Å². The molecule has 1 aliphatic heterocycles. The number of ether oxygens (including phenoxy) is 1. The normalized spacial score (nSPS) is 15.1. The summed E-state index contributed by atoms with van der Waals surface area (Å²) >= 11 is 0. The van der Waals surface area contributed by atoms with Crippen LogP contribution in [0.1, 0.15) is 16.7 Å². The van der Waals surface area contributed by atoms with E-state index in [1.807, 2.05) is 6.07 Å². The van der Waals surface area contributed by atoms with Gasteiger partial charge in [-0.1, -0.05) is 12.1 Å². The second-order valence-electron chi connectivity index (χ2n) is 7.27. The molecule has 0 atom stereocenters. The molecule has 0 bridgehead atoms. The average molecular weight is 461 g/mol. The van der Waals surface area contributed by atoms with Crippen molar-refractivity contribution in [3.63, 3.8) is 0 Å². The zero-order valence-corrected chi connectivity index (χ0v) is 17.5. The fourth-order valence-electron chi connectivity index (χ4n) is 3.35.